The largest absolute Gasteiger partial charge is 0.271 e. The first-order valence-electron chi connectivity index (χ1n) is 11.5. The van der Waals surface area contributed by atoms with Crippen molar-refractivity contribution in [1.29, 1.82) is 0 Å². The van der Waals surface area contributed by atoms with Crippen molar-refractivity contribution in [1.82, 2.24) is 4.90 Å². The van der Waals surface area contributed by atoms with E-state index in [1.165, 1.54) is 56.7 Å². The summed E-state index contributed by atoms with van der Waals surface area (Å²) in [5.41, 5.74) is 2.65. The third-order valence-corrected chi connectivity index (χ3v) is 7.10. The fourth-order valence-electron chi connectivity index (χ4n) is 4.51. The van der Waals surface area contributed by atoms with Crippen LogP contribution in [0.15, 0.2) is 29.2 Å². The number of amides is 2. The topological polar surface area (TPSA) is 37.4 Å². The lowest BCUT2D eigenvalue weighted by molar-refractivity contribution is -0.139. The van der Waals surface area contributed by atoms with Crippen LogP contribution in [0.2, 0.25) is 0 Å². The molecule has 3 nitrogen and oxygen atoms in total. The number of imide groups is 1. The van der Waals surface area contributed by atoms with Gasteiger partial charge in [-0.1, -0.05) is 94.5 Å². The lowest BCUT2D eigenvalue weighted by Gasteiger charge is -2.27. The number of carbonyl (C=O) groups is 2. The standard InChI is InChI=1S/C25H35NO2S/c1-3-29-23-22(20-17-15-19(2)16-18-20)24(27)26(25(23)28)21-13-11-9-7-5-4-6-8-10-12-14-21/h15-18,21H,3-14H2,1-2H3. The summed E-state index contributed by atoms with van der Waals surface area (Å²) in [6, 6.07) is 8.05. The molecule has 4 heteroatoms. The van der Waals surface area contributed by atoms with Crippen LogP contribution in [-0.4, -0.2) is 28.5 Å². The number of benzene rings is 1. The first-order valence-corrected chi connectivity index (χ1v) is 12.4. The third-order valence-electron chi connectivity index (χ3n) is 6.14. The van der Waals surface area contributed by atoms with Crippen molar-refractivity contribution in [2.75, 3.05) is 5.75 Å². The first kappa shape index (κ1) is 22.1. The quantitative estimate of drug-likeness (QED) is 0.529. The molecule has 1 aromatic carbocycles. The molecule has 1 aromatic rings. The van der Waals surface area contributed by atoms with Gasteiger partial charge in [0.1, 0.15) is 0 Å². The molecule has 1 aliphatic carbocycles. The second-order valence-electron chi connectivity index (χ2n) is 8.40. The van der Waals surface area contributed by atoms with Gasteiger partial charge in [0, 0.05) is 6.04 Å². The number of carbonyl (C=O) groups excluding carboxylic acids is 2. The van der Waals surface area contributed by atoms with E-state index in [2.05, 4.69) is 0 Å². The Kier molecular flexibility index (Phi) is 8.40. The molecule has 158 valence electrons. The minimum absolute atomic E-state index is 0.0461. The molecule has 2 aliphatic rings. The summed E-state index contributed by atoms with van der Waals surface area (Å²) >= 11 is 1.52. The van der Waals surface area contributed by atoms with Crippen molar-refractivity contribution in [3.8, 4) is 0 Å². The van der Waals surface area contributed by atoms with Crippen LogP contribution >= 0.6 is 11.8 Å². The Morgan fingerprint density at radius 1 is 0.828 bits per heavy atom. The van der Waals surface area contributed by atoms with Gasteiger partial charge < -0.3 is 0 Å². The van der Waals surface area contributed by atoms with Gasteiger partial charge in [-0.3, -0.25) is 14.5 Å². The van der Waals surface area contributed by atoms with Crippen molar-refractivity contribution < 1.29 is 9.59 Å². The monoisotopic (exact) mass is 413 g/mol. The highest BCUT2D eigenvalue weighted by Gasteiger charge is 2.42. The first-order chi connectivity index (χ1) is 14.1. The highest BCUT2D eigenvalue weighted by atomic mass is 32.2. The molecule has 1 aliphatic heterocycles. The molecule has 2 amide bonds. The zero-order valence-corrected chi connectivity index (χ0v) is 18.9. The normalized spacial score (nSPS) is 20.7. The number of thioether (sulfide) groups is 1. The Labute approximate surface area is 180 Å². The minimum Gasteiger partial charge on any atom is -0.271 e. The van der Waals surface area contributed by atoms with E-state index in [4.69, 9.17) is 0 Å². The molecular formula is C25H35NO2S. The summed E-state index contributed by atoms with van der Waals surface area (Å²) in [4.78, 5) is 29.1. The van der Waals surface area contributed by atoms with E-state index in [1.807, 2.05) is 38.1 Å². The minimum atomic E-state index is -0.0769. The van der Waals surface area contributed by atoms with Gasteiger partial charge in [-0.2, -0.15) is 0 Å². The van der Waals surface area contributed by atoms with Gasteiger partial charge >= 0.3 is 0 Å². The van der Waals surface area contributed by atoms with Crippen LogP contribution in [0.5, 0.6) is 0 Å². The molecule has 0 radical (unpaired) electrons. The molecule has 0 aromatic heterocycles. The molecule has 29 heavy (non-hydrogen) atoms. The molecule has 3 rings (SSSR count). The molecule has 0 atom stereocenters. The van der Waals surface area contributed by atoms with Crippen LogP contribution < -0.4 is 0 Å². The van der Waals surface area contributed by atoms with E-state index in [0.717, 1.165) is 42.6 Å². The van der Waals surface area contributed by atoms with E-state index in [9.17, 15) is 9.59 Å². The average Bonchev–Trinajstić information content (AvgIpc) is 2.94. The van der Waals surface area contributed by atoms with Crippen molar-refractivity contribution in [3.05, 3.63) is 40.3 Å². The zero-order valence-electron chi connectivity index (χ0n) is 18.0. The molecule has 0 saturated heterocycles. The number of hydrogen-bond acceptors (Lipinski definition) is 3. The van der Waals surface area contributed by atoms with E-state index in [-0.39, 0.29) is 17.9 Å². The van der Waals surface area contributed by atoms with Crippen molar-refractivity contribution in [2.24, 2.45) is 0 Å². The highest BCUT2D eigenvalue weighted by molar-refractivity contribution is 8.04. The summed E-state index contributed by atoms with van der Waals surface area (Å²) in [5.74, 6) is 0.656. The molecule has 1 saturated carbocycles. The van der Waals surface area contributed by atoms with Gasteiger partial charge in [-0.25, -0.2) is 0 Å². The summed E-state index contributed by atoms with van der Waals surface area (Å²) in [6.07, 6.45) is 13.1. The van der Waals surface area contributed by atoms with Gasteiger partial charge in [-0.15, -0.1) is 11.8 Å². The molecule has 0 N–H and O–H groups in total. The smallest absolute Gasteiger partial charge is 0.268 e. The Bertz CT molecular complexity index is 726. The Morgan fingerprint density at radius 2 is 1.34 bits per heavy atom. The van der Waals surface area contributed by atoms with E-state index < -0.39 is 0 Å². The fourth-order valence-corrected chi connectivity index (χ4v) is 5.37. The SMILES string of the molecule is CCSC1=C(c2ccc(C)cc2)C(=O)N(C2CCCCCCCCCCC2)C1=O. The predicted octanol–water partition coefficient (Wildman–Crippen LogP) is 6.50. The van der Waals surface area contributed by atoms with E-state index >= 15 is 0 Å². The number of nitrogens with zero attached hydrogens (tertiary/aromatic N) is 1. The Balaban J connectivity index is 1.83. The average molecular weight is 414 g/mol. The molecule has 0 unspecified atom stereocenters. The van der Waals surface area contributed by atoms with Gasteiger partial charge in [0.25, 0.3) is 11.8 Å². The molecule has 0 bridgehead atoms. The van der Waals surface area contributed by atoms with Crippen LogP contribution in [0, 0.1) is 6.92 Å². The van der Waals surface area contributed by atoms with Crippen LogP contribution in [-0.2, 0) is 9.59 Å². The van der Waals surface area contributed by atoms with Crippen molar-refractivity contribution in [3.63, 3.8) is 0 Å². The summed E-state index contributed by atoms with van der Waals surface area (Å²) in [7, 11) is 0. The van der Waals surface area contributed by atoms with Crippen LogP contribution in [0.25, 0.3) is 5.57 Å². The second-order valence-corrected chi connectivity index (χ2v) is 9.67. The number of aryl methyl sites for hydroxylation is 1. The maximum atomic E-state index is 13.5. The van der Waals surface area contributed by atoms with Gasteiger partial charge in [-0.05, 0) is 31.1 Å². The van der Waals surface area contributed by atoms with Crippen molar-refractivity contribution in [2.45, 2.75) is 90.5 Å². The predicted molar refractivity (Wildman–Crippen MR) is 123 cm³/mol. The molecule has 1 fully saturated rings. The fraction of sp³-hybridized carbons (Fsp3) is 0.600. The summed E-state index contributed by atoms with van der Waals surface area (Å²) in [6.45, 7) is 4.08. The summed E-state index contributed by atoms with van der Waals surface area (Å²) < 4.78 is 0. The van der Waals surface area contributed by atoms with Gasteiger partial charge in [0.05, 0.1) is 10.5 Å². The maximum absolute atomic E-state index is 13.5. The molecule has 0 spiro atoms. The lowest BCUT2D eigenvalue weighted by atomic mass is 9.96. The van der Waals surface area contributed by atoms with Crippen LogP contribution in [0.3, 0.4) is 0 Å². The van der Waals surface area contributed by atoms with Crippen LogP contribution in [0.4, 0.5) is 0 Å². The van der Waals surface area contributed by atoms with Crippen LogP contribution in [0.1, 0.15) is 88.7 Å². The molecule has 1 heterocycles. The van der Waals surface area contributed by atoms with Gasteiger partial charge in [0.15, 0.2) is 0 Å². The number of hydrogen-bond donors (Lipinski definition) is 0. The van der Waals surface area contributed by atoms with E-state index in [1.54, 1.807) is 4.90 Å². The molecular weight excluding hydrogens is 378 g/mol. The Hall–Kier alpha value is -1.55. The maximum Gasteiger partial charge on any atom is 0.268 e. The summed E-state index contributed by atoms with van der Waals surface area (Å²) in [5, 5.41) is 0. The van der Waals surface area contributed by atoms with Crippen molar-refractivity contribution >= 4 is 29.1 Å². The third kappa shape index (κ3) is 5.53. The van der Waals surface area contributed by atoms with Gasteiger partial charge in [0.2, 0.25) is 0 Å². The number of rotatable bonds is 4. The highest BCUT2D eigenvalue weighted by Crippen LogP contribution is 2.38. The lowest BCUT2D eigenvalue weighted by Crippen LogP contribution is -2.41. The Morgan fingerprint density at radius 3 is 1.86 bits per heavy atom. The second kappa shape index (κ2) is 11.0. The van der Waals surface area contributed by atoms with E-state index in [0.29, 0.717) is 10.5 Å². The zero-order chi connectivity index (χ0) is 20.6.